The molecular weight excluding hydrogens is 472 g/mol. The van der Waals surface area contributed by atoms with E-state index < -0.39 is 105 Å². The molecule has 0 aromatic rings. The first-order valence-corrected chi connectivity index (χ1v) is 10.4. The summed E-state index contributed by atoms with van der Waals surface area (Å²) in [6.45, 7) is 0.544. The maximum absolute atomic E-state index is 11.5. The van der Waals surface area contributed by atoms with Gasteiger partial charge in [0.05, 0.1) is 12.7 Å². The number of aliphatic hydroxyl groups excluding tert-OH is 9. The van der Waals surface area contributed by atoms with Crippen LogP contribution in [0.4, 0.5) is 0 Å². The van der Waals surface area contributed by atoms with E-state index >= 15 is 0 Å². The molecule has 15 atom stereocenters. The van der Waals surface area contributed by atoms with Crippen LogP contribution in [0, 0.1) is 0 Å². The molecule has 0 radical (unpaired) electrons. The lowest BCUT2D eigenvalue weighted by Crippen LogP contribution is -2.67. The summed E-state index contributed by atoms with van der Waals surface area (Å²) in [5, 5.41) is 99.7. The van der Waals surface area contributed by atoms with Crippen LogP contribution in [0.15, 0.2) is 0 Å². The molecule has 0 aliphatic carbocycles. The van der Waals surface area contributed by atoms with Gasteiger partial charge in [0.2, 0.25) is 0 Å². The van der Waals surface area contributed by atoms with Gasteiger partial charge in [-0.3, -0.25) is 0 Å². The molecule has 3 saturated heterocycles. The van der Waals surface area contributed by atoms with Crippen molar-refractivity contribution in [1.82, 2.24) is 0 Å². The summed E-state index contributed by atoms with van der Waals surface area (Å²) >= 11 is 0. The van der Waals surface area contributed by atoms with Crippen molar-refractivity contribution in [3.63, 3.8) is 0 Å². The Bertz CT molecular complexity index is 693. The van der Waals surface area contributed by atoms with Crippen molar-refractivity contribution >= 4 is 5.97 Å². The van der Waals surface area contributed by atoms with Gasteiger partial charge in [-0.2, -0.15) is 0 Å². The van der Waals surface area contributed by atoms with Gasteiger partial charge < -0.3 is 74.7 Å². The Morgan fingerprint density at radius 1 is 0.706 bits per heavy atom. The van der Waals surface area contributed by atoms with E-state index in [1.165, 1.54) is 6.92 Å². The predicted octanol–water partition coefficient (Wildman–Crippen LogP) is -6.45. The van der Waals surface area contributed by atoms with Crippen LogP contribution in [0.1, 0.15) is 6.92 Å². The minimum atomic E-state index is -2.12. The lowest BCUT2D eigenvalue weighted by Gasteiger charge is -2.47. The van der Waals surface area contributed by atoms with E-state index in [4.69, 9.17) is 23.7 Å². The Morgan fingerprint density at radius 2 is 1.24 bits per heavy atom. The fourth-order valence-corrected chi connectivity index (χ4v) is 3.96. The maximum Gasteiger partial charge on any atom is 0.335 e. The Kier molecular flexibility index (Phi) is 8.81. The SMILES string of the molecule is C[C@@H]1O[C@@H](O[C@H]2C(O)O[C@H](C(=O)O)[C@@H](O)[C@@H]2O[C@@H]2O[C@H](CO)[C@@H](O)[C@H](O)[C@H]2O)[C@H](O)[C@H](O)[C@H]1O. The topological polar surface area (TPSA) is 266 Å². The fraction of sp³-hybridized carbons (Fsp3) is 0.944. The van der Waals surface area contributed by atoms with Crippen molar-refractivity contribution in [1.29, 1.82) is 0 Å². The molecule has 0 bridgehead atoms. The second-order valence-corrected chi connectivity index (χ2v) is 8.36. The Hall–Kier alpha value is -1.09. The van der Waals surface area contributed by atoms with Crippen LogP contribution in [0.25, 0.3) is 0 Å². The fourth-order valence-electron chi connectivity index (χ4n) is 3.96. The van der Waals surface area contributed by atoms with Gasteiger partial charge >= 0.3 is 5.97 Å². The molecule has 1 unspecified atom stereocenters. The molecule has 0 spiro atoms. The number of aliphatic carboxylic acids is 1. The van der Waals surface area contributed by atoms with Crippen LogP contribution in [-0.4, -0.2) is 156 Å². The van der Waals surface area contributed by atoms with Crippen LogP contribution in [0.5, 0.6) is 0 Å². The number of rotatable bonds is 6. The molecule has 0 saturated carbocycles. The van der Waals surface area contributed by atoms with Crippen molar-refractivity contribution in [3.05, 3.63) is 0 Å². The molecule has 3 aliphatic heterocycles. The average Bonchev–Trinajstić information content (AvgIpc) is 2.79. The van der Waals surface area contributed by atoms with Gasteiger partial charge in [0.1, 0.15) is 61.0 Å². The Morgan fingerprint density at radius 3 is 1.79 bits per heavy atom. The van der Waals surface area contributed by atoms with Gasteiger partial charge in [-0.15, -0.1) is 0 Å². The maximum atomic E-state index is 11.5. The number of carboxylic acid groups (broad SMARTS) is 1. The summed E-state index contributed by atoms with van der Waals surface area (Å²) in [6, 6.07) is 0. The predicted molar refractivity (Wildman–Crippen MR) is 100 cm³/mol. The lowest BCUT2D eigenvalue weighted by atomic mass is 9.96. The molecule has 3 rings (SSSR count). The van der Waals surface area contributed by atoms with E-state index in [0.29, 0.717) is 0 Å². The zero-order chi connectivity index (χ0) is 25.5. The third-order valence-electron chi connectivity index (χ3n) is 6.02. The third-order valence-corrected chi connectivity index (χ3v) is 6.02. The van der Waals surface area contributed by atoms with Gasteiger partial charge in [-0.25, -0.2) is 4.79 Å². The first kappa shape index (κ1) is 27.5. The highest BCUT2D eigenvalue weighted by Gasteiger charge is 2.55. The first-order valence-electron chi connectivity index (χ1n) is 10.4. The number of ether oxygens (including phenoxy) is 5. The first-order chi connectivity index (χ1) is 15.9. The van der Waals surface area contributed by atoms with Crippen LogP contribution < -0.4 is 0 Å². The standard InChI is InChI=1S/C18H30O16/c1-3-5(20)7(22)9(24)17(30-3)34-14-12(11(26)13(15(27)28)32-16(14)29)33-18-10(25)8(23)6(21)4(2-19)31-18/h3-14,16-26,29H,2H2,1H3,(H,27,28)/t3-,4+,5-,6+,7+,8-,9+,10+,11-,12-,13-,14+,16?,17-,18-/m0/s1. The second-order valence-electron chi connectivity index (χ2n) is 8.36. The van der Waals surface area contributed by atoms with E-state index in [0.717, 1.165) is 0 Å². The zero-order valence-electron chi connectivity index (χ0n) is 17.8. The summed E-state index contributed by atoms with van der Waals surface area (Å²) in [7, 11) is 0. The lowest BCUT2D eigenvalue weighted by molar-refractivity contribution is -0.383. The number of carboxylic acids is 1. The molecule has 198 valence electrons. The summed E-state index contributed by atoms with van der Waals surface area (Å²) in [5.41, 5.74) is 0. The van der Waals surface area contributed by atoms with Gasteiger partial charge in [-0.05, 0) is 6.92 Å². The molecule has 10 N–H and O–H groups in total. The zero-order valence-corrected chi connectivity index (χ0v) is 17.8. The monoisotopic (exact) mass is 502 g/mol. The largest absolute Gasteiger partial charge is 0.479 e. The van der Waals surface area contributed by atoms with Gasteiger partial charge in [0.15, 0.2) is 25.0 Å². The van der Waals surface area contributed by atoms with Gasteiger partial charge in [0, 0.05) is 0 Å². The Balaban J connectivity index is 1.85. The minimum Gasteiger partial charge on any atom is -0.479 e. The second kappa shape index (κ2) is 10.9. The van der Waals surface area contributed by atoms with E-state index in [1.54, 1.807) is 0 Å². The summed E-state index contributed by atoms with van der Waals surface area (Å²) in [5.74, 6) is -1.70. The normalized spacial score (nSPS) is 52.4. The molecule has 16 heteroatoms. The molecule has 16 nitrogen and oxygen atoms in total. The summed E-state index contributed by atoms with van der Waals surface area (Å²) < 4.78 is 26.2. The van der Waals surface area contributed by atoms with Crippen molar-refractivity contribution in [2.75, 3.05) is 6.61 Å². The molecule has 3 fully saturated rings. The molecule has 3 heterocycles. The van der Waals surface area contributed by atoms with Crippen LogP contribution in [0.2, 0.25) is 0 Å². The van der Waals surface area contributed by atoms with E-state index in [1.807, 2.05) is 0 Å². The molecule has 0 amide bonds. The molecular formula is C18H30O16. The third kappa shape index (κ3) is 5.20. The van der Waals surface area contributed by atoms with E-state index in [-0.39, 0.29) is 0 Å². The smallest absolute Gasteiger partial charge is 0.335 e. The average molecular weight is 502 g/mol. The molecule has 0 aromatic heterocycles. The molecule has 34 heavy (non-hydrogen) atoms. The van der Waals surface area contributed by atoms with Crippen molar-refractivity contribution in [2.45, 2.75) is 99.0 Å². The number of hydrogen-bond donors (Lipinski definition) is 10. The van der Waals surface area contributed by atoms with Crippen LogP contribution >= 0.6 is 0 Å². The summed E-state index contributed by atoms with van der Waals surface area (Å²) in [6.07, 6.45) is -26.6. The molecule has 3 aliphatic rings. The van der Waals surface area contributed by atoms with E-state index in [9.17, 15) is 55.9 Å². The summed E-state index contributed by atoms with van der Waals surface area (Å²) in [4.78, 5) is 11.5. The van der Waals surface area contributed by atoms with Gasteiger partial charge in [-0.1, -0.05) is 0 Å². The molecule has 0 aromatic carbocycles. The quantitative estimate of drug-likeness (QED) is 0.162. The van der Waals surface area contributed by atoms with Crippen molar-refractivity contribution < 1.29 is 79.5 Å². The number of hydrogen-bond acceptors (Lipinski definition) is 15. The number of aliphatic hydroxyl groups is 9. The van der Waals surface area contributed by atoms with Crippen molar-refractivity contribution in [3.8, 4) is 0 Å². The van der Waals surface area contributed by atoms with Crippen LogP contribution in [-0.2, 0) is 28.5 Å². The number of carbonyl (C=O) groups is 1. The van der Waals surface area contributed by atoms with Crippen molar-refractivity contribution in [2.24, 2.45) is 0 Å². The van der Waals surface area contributed by atoms with E-state index in [2.05, 4.69) is 0 Å². The minimum absolute atomic E-state index is 0.804. The highest BCUT2D eigenvalue weighted by Crippen LogP contribution is 2.32. The van der Waals surface area contributed by atoms with Crippen LogP contribution in [0.3, 0.4) is 0 Å². The highest BCUT2D eigenvalue weighted by molar-refractivity contribution is 5.73. The van der Waals surface area contributed by atoms with Gasteiger partial charge in [0.25, 0.3) is 0 Å². The highest BCUT2D eigenvalue weighted by atomic mass is 16.8. The Labute approximate surface area is 192 Å².